The number of benzene rings is 2. The van der Waals surface area contributed by atoms with Crippen molar-refractivity contribution in [1.82, 2.24) is 0 Å². The van der Waals surface area contributed by atoms with Crippen LogP contribution in [0.15, 0.2) is 51.8 Å². The molecule has 7 nitrogen and oxygen atoms in total. The fourth-order valence-electron chi connectivity index (χ4n) is 3.00. The number of halogens is 1. The van der Waals surface area contributed by atoms with E-state index in [0.29, 0.717) is 25.4 Å². The summed E-state index contributed by atoms with van der Waals surface area (Å²) in [5, 5.41) is 11.6. The maximum atomic E-state index is 12.0. The van der Waals surface area contributed by atoms with Gasteiger partial charge < -0.3 is 9.64 Å². The lowest BCUT2D eigenvalue weighted by molar-refractivity contribution is -0.387. The molecule has 0 saturated carbocycles. The Balaban J connectivity index is 1.98. The van der Waals surface area contributed by atoms with Crippen LogP contribution in [0.25, 0.3) is 0 Å². The summed E-state index contributed by atoms with van der Waals surface area (Å²) in [4.78, 5) is 12.5. The maximum absolute atomic E-state index is 12.0. The van der Waals surface area contributed by atoms with Crippen molar-refractivity contribution in [3.8, 4) is 0 Å². The number of ether oxygens (including phenoxy) is 1. The van der Waals surface area contributed by atoms with Gasteiger partial charge in [0.1, 0.15) is 16.7 Å². The zero-order valence-corrected chi connectivity index (χ0v) is 16.4. The van der Waals surface area contributed by atoms with Crippen molar-refractivity contribution in [2.75, 3.05) is 30.9 Å². The number of nitro benzene ring substituents is 1. The van der Waals surface area contributed by atoms with Gasteiger partial charge in [-0.15, -0.1) is 0 Å². The molecule has 1 unspecified atom stereocenters. The first-order valence-electron chi connectivity index (χ1n) is 7.87. The summed E-state index contributed by atoms with van der Waals surface area (Å²) in [7, 11) is -3.71. The first kappa shape index (κ1) is 18.8. The highest BCUT2D eigenvalue weighted by Crippen LogP contribution is 2.37. The molecule has 1 atom stereocenters. The van der Waals surface area contributed by atoms with E-state index in [-0.39, 0.29) is 16.7 Å². The SMILES string of the molecule is CS(=O)(=O)c1cccc(N2CCOC(c3ccc(Br)cc3)C2)c1[N+](=O)[O-]. The molecule has 2 aromatic carbocycles. The smallest absolute Gasteiger partial charge is 0.311 e. The van der Waals surface area contributed by atoms with Crippen molar-refractivity contribution in [3.05, 3.63) is 62.6 Å². The Kier molecular flexibility index (Phi) is 5.31. The first-order chi connectivity index (χ1) is 12.3. The summed E-state index contributed by atoms with van der Waals surface area (Å²) < 4.78 is 30.7. The number of rotatable bonds is 4. The third-order valence-corrected chi connectivity index (χ3v) is 5.87. The zero-order valence-electron chi connectivity index (χ0n) is 14.0. The molecule has 1 saturated heterocycles. The van der Waals surface area contributed by atoms with Gasteiger partial charge in [-0.3, -0.25) is 10.1 Å². The van der Waals surface area contributed by atoms with Gasteiger partial charge in [0.15, 0.2) is 9.84 Å². The fraction of sp³-hybridized carbons (Fsp3) is 0.294. The second-order valence-electron chi connectivity index (χ2n) is 6.01. The number of sulfone groups is 1. The van der Waals surface area contributed by atoms with E-state index < -0.39 is 14.8 Å². The standard InChI is InChI=1S/C17H17BrN2O5S/c1-26(23,24)16-4-2-3-14(17(16)20(21)22)19-9-10-25-15(11-19)12-5-7-13(18)8-6-12/h2-8,15H,9-11H2,1H3. The fourth-order valence-corrected chi connectivity index (χ4v) is 4.12. The third-order valence-electron chi connectivity index (χ3n) is 4.21. The number of hydrogen-bond acceptors (Lipinski definition) is 6. The van der Waals surface area contributed by atoms with E-state index in [1.807, 2.05) is 29.2 Å². The summed E-state index contributed by atoms with van der Waals surface area (Å²) in [6, 6.07) is 12.1. The molecule has 0 aliphatic carbocycles. The number of hydrogen-bond donors (Lipinski definition) is 0. The molecule has 2 aromatic rings. The molecule has 0 radical (unpaired) electrons. The molecule has 0 aromatic heterocycles. The van der Waals surface area contributed by atoms with Gasteiger partial charge in [-0.05, 0) is 29.8 Å². The molecule has 1 aliphatic heterocycles. The van der Waals surface area contributed by atoms with Crippen LogP contribution in [0.1, 0.15) is 11.7 Å². The van der Waals surface area contributed by atoms with E-state index in [0.717, 1.165) is 16.3 Å². The molecule has 1 aliphatic rings. The lowest BCUT2D eigenvalue weighted by atomic mass is 10.1. The van der Waals surface area contributed by atoms with Gasteiger partial charge in [-0.1, -0.05) is 34.1 Å². The topological polar surface area (TPSA) is 89.8 Å². The van der Waals surface area contributed by atoms with Crippen molar-refractivity contribution in [2.45, 2.75) is 11.0 Å². The number of para-hydroxylation sites is 1. The predicted octanol–water partition coefficient (Wildman–Crippen LogP) is 3.34. The molecule has 1 heterocycles. The average Bonchev–Trinajstić information content (AvgIpc) is 2.61. The summed E-state index contributed by atoms with van der Waals surface area (Å²) in [6.07, 6.45) is 0.724. The van der Waals surface area contributed by atoms with E-state index in [9.17, 15) is 18.5 Å². The van der Waals surface area contributed by atoms with Gasteiger partial charge in [-0.2, -0.15) is 0 Å². The van der Waals surface area contributed by atoms with Crippen molar-refractivity contribution in [2.24, 2.45) is 0 Å². The van der Waals surface area contributed by atoms with Gasteiger partial charge in [0.05, 0.1) is 11.5 Å². The Bertz CT molecular complexity index is 931. The van der Waals surface area contributed by atoms with Crippen molar-refractivity contribution >= 4 is 37.1 Å². The van der Waals surface area contributed by atoms with Gasteiger partial charge in [0, 0.05) is 23.8 Å². The van der Waals surface area contributed by atoms with E-state index >= 15 is 0 Å². The second kappa shape index (κ2) is 7.34. The largest absolute Gasteiger partial charge is 0.370 e. The van der Waals surface area contributed by atoms with Crippen LogP contribution >= 0.6 is 15.9 Å². The molecule has 26 heavy (non-hydrogen) atoms. The number of nitrogens with zero attached hydrogens (tertiary/aromatic N) is 2. The van der Waals surface area contributed by atoms with Gasteiger partial charge in [0.25, 0.3) is 0 Å². The van der Waals surface area contributed by atoms with Gasteiger partial charge >= 0.3 is 5.69 Å². The number of nitro groups is 1. The van der Waals surface area contributed by atoms with Gasteiger partial charge in [0.2, 0.25) is 0 Å². The Labute approximate surface area is 159 Å². The average molecular weight is 441 g/mol. The van der Waals surface area contributed by atoms with E-state index in [4.69, 9.17) is 4.74 Å². The molecule has 0 bridgehead atoms. The highest BCUT2D eigenvalue weighted by Gasteiger charge is 2.31. The summed E-state index contributed by atoms with van der Waals surface area (Å²) in [6.45, 7) is 1.23. The van der Waals surface area contributed by atoms with Crippen molar-refractivity contribution in [3.63, 3.8) is 0 Å². The predicted molar refractivity (Wildman–Crippen MR) is 101 cm³/mol. The van der Waals surface area contributed by atoms with Crippen LogP contribution in [0.4, 0.5) is 11.4 Å². The number of morpholine rings is 1. The third kappa shape index (κ3) is 3.89. The lowest BCUT2D eigenvalue weighted by Crippen LogP contribution is -2.38. The van der Waals surface area contributed by atoms with Crippen LogP contribution in [-0.4, -0.2) is 39.3 Å². The Hall–Kier alpha value is -1.97. The lowest BCUT2D eigenvalue weighted by Gasteiger charge is -2.34. The Morgan fingerprint density at radius 3 is 2.54 bits per heavy atom. The van der Waals surface area contributed by atoms with Gasteiger partial charge in [-0.25, -0.2) is 8.42 Å². The minimum atomic E-state index is -3.71. The van der Waals surface area contributed by atoms with E-state index in [1.165, 1.54) is 12.1 Å². The monoisotopic (exact) mass is 440 g/mol. The van der Waals surface area contributed by atoms with Crippen LogP contribution in [-0.2, 0) is 14.6 Å². The minimum absolute atomic E-state index is 0.252. The molecule has 1 fully saturated rings. The maximum Gasteiger partial charge on any atom is 0.311 e. The first-order valence-corrected chi connectivity index (χ1v) is 10.6. The highest BCUT2D eigenvalue weighted by molar-refractivity contribution is 9.10. The summed E-state index contributed by atoms with van der Waals surface area (Å²) >= 11 is 3.39. The Morgan fingerprint density at radius 1 is 1.23 bits per heavy atom. The molecular weight excluding hydrogens is 424 g/mol. The molecular formula is C17H17BrN2O5S. The van der Waals surface area contributed by atoms with Crippen molar-refractivity contribution in [1.29, 1.82) is 0 Å². The minimum Gasteiger partial charge on any atom is -0.370 e. The van der Waals surface area contributed by atoms with Crippen molar-refractivity contribution < 1.29 is 18.1 Å². The van der Waals surface area contributed by atoms with Crippen LogP contribution in [0, 0.1) is 10.1 Å². The van der Waals surface area contributed by atoms with Crippen LogP contribution in [0.2, 0.25) is 0 Å². The second-order valence-corrected chi connectivity index (χ2v) is 8.91. The normalized spacial score (nSPS) is 17.9. The molecule has 0 amide bonds. The van der Waals surface area contributed by atoms with Crippen LogP contribution < -0.4 is 4.90 Å². The van der Waals surface area contributed by atoms with E-state index in [2.05, 4.69) is 15.9 Å². The van der Waals surface area contributed by atoms with Crippen LogP contribution in [0.5, 0.6) is 0 Å². The molecule has 0 N–H and O–H groups in total. The quantitative estimate of drug-likeness (QED) is 0.534. The molecule has 138 valence electrons. The Morgan fingerprint density at radius 2 is 1.92 bits per heavy atom. The summed E-state index contributed by atoms with van der Waals surface area (Å²) in [5.41, 5.74) is 0.870. The zero-order chi connectivity index (χ0) is 18.9. The molecule has 0 spiro atoms. The highest BCUT2D eigenvalue weighted by atomic mass is 79.9. The van der Waals surface area contributed by atoms with E-state index in [1.54, 1.807) is 6.07 Å². The molecule has 3 rings (SSSR count). The number of anilines is 1. The van der Waals surface area contributed by atoms with Crippen LogP contribution in [0.3, 0.4) is 0 Å². The molecule has 9 heteroatoms. The summed E-state index contributed by atoms with van der Waals surface area (Å²) in [5.74, 6) is 0.